The minimum absolute atomic E-state index is 0.0632. The molecule has 2 N–H and O–H groups in total. The van der Waals surface area contributed by atoms with E-state index in [0.717, 1.165) is 37.0 Å². The summed E-state index contributed by atoms with van der Waals surface area (Å²) in [6, 6.07) is 4.06. The molecule has 0 spiro atoms. The van der Waals surface area contributed by atoms with Crippen molar-refractivity contribution < 1.29 is 19.8 Å². The number of likely N-dealkylation sites (tertiary alicyclic amines) is 1. The molecule has 5 nitrogen and oxygen atoms in total. The lowest BCUT2D eigenvalue weighted by molar-refractivity contribution is -0.137. The zero-order valence-corrected chi connectivity index (χ0v) is 16.0. The van der Waals surface area contributed by atoms with E-state index in [1.807, 2.05) is 34.6 Å². The molecule has 0 aromatic carbocycles. The number of hydrogen-bond donors (Lipinski definition) is 2. The quantitative estimate of drug-likeness (QED) is 0.455. The largest absolute Gasteiger partial charge is 0.481 e. The number of carboxylic acids is 1. The summed E-state index contributed by atoms with van der Waals surface area (Å²) in [7, 11) is 0. The molecule has 0 radical (unpaired) electrons. The molecule has 1 unspecified atom stereocenters. The third kappa shape index (κ3) is 7.30. The smallest absolute Gasteiger partial charge is 0.303 e. The number of aliphatic hydroxyl groups is 1. The molecule has 6 heteroatoms. The molecule has 144 valence electrons. The SMILES string of the molecule is O=C(O)CCCCCCN1C(=O)CCC[C@@H]1C=CC(O)Cc1cccs1. The number of rotatable bonds is 11. The second kappa shape index (κ2) is 11.1. The van der Waals surface area contributed by atoms with E-state index in [0.29, 0.717) is 25.8 Å². The Hall–Kier alpha value is -1.66. The number of aliphatic hydroxyl groups excluding tert-OH is 1. The lowest BCUT2D eigenvalue weighted by Gasteiger charge is -2.34. The van der Waals surface area contributed by atoms with Gasteiger partial charge in [0.1, 0.15) is 0 Å². The van der Waals surface area contributed by atoms with Gasteiger partial charge in [-0.3, -0.25) is 9.59 Å². The van der Waals surface area contributed by atoms with Crippen LogP contribution in [0.3, 0.4) is 0 Å². The molecule has 2 atom stereocenters. The number of carbonyl (C=O) groups excluding carboxylic acids is 1. The normalized spacial score (nSPS) is 19.2. The topological polar surface area (TPSA) is 77.8 Å². The molecule has 0 saturated carbocycles. The van der Waals surface area contributed by atoms with E-state index in [2.05, 4.69) is 0 Å². The maximum atomic E-state index is 12.3. The number of thiophene rings is 1. The number of piperidine rings is 1. The Bertz CT molecular complexity index is 585. The van der Waals surface area contributed by atoms with Crippen LogP contribution < -0.4 is 0 Å². The number of nitrogens with zero attached hydrogens (tertiary/aromatic N) is 1. The van der Waals surface area contributed by atoms with Crippen molar-refractivity contribution in [2.24, 2.45) is 0 Å². The van der Waals surface area contributed by atoms with Gasteiger partial charge in [0, 0.05) is 30.7 Å². The fourth-order valence-electron chi connectivity index (χ4n) is 3.31. The fraction of sp³-hybridized carbons (Fsp3) is 0.600. The zero-order chi connectivity index (χ0) is 18.8. The lowest BCUT2D eigenvalue weighted by atomic mass is 9.99. The Morgan fingerprint density at radius 2 is 2.15 bits per heavy atom. The first-order valence-corrected chi connectivity index (χ1v) is 10.3. The maximum absolute atomic E-state index is 12.3. The average Bonchev–Trinajstić information content (AvgIpc) is 3.10. The minimum atomic E-state index is -0.748. The molecular formula is C20H29NO4S. The minimum Gasteiger partial charge on any atom is -0.481 e. The number of amides is 1. The molecule has 2 rings (SSSR count). The van der Waals surface area contributed by atoms with Gasteiger partial charge in [-0.1, -0.05) is 31.1 Å². The molecule has 26 heavy (non-hydrogen) atoms. The summed E-state index contributed by atoms with van der Waals surface area (Å²) >= 11 is 1.64. The summed E-state index contributed by atoms with van der Waals surface area (Å²) in [5.74, 6) is -0.563. The van der Waals surface area contributed by atoms with Gasteiger partial charge in [0.05, 0.1) is 12.1 Å². The van der Waals surface area contributed by atoms with Crippen LogP contribution in [0, 0.1) is 0 Å². The molecule has 2 heterocycles. The van der Waals surface area contributed by atoms with E-state index in [1.54, 1.807) is 11.3 Å². The number of hydrogen-bond acceptors (Lipinski definition) is 4. The van der Waals surface area contributed by atoms with Crippen molar-refractivity contribution in [3.05, 3.63) is 34.5 Å². The lowest BCUT2D eigenvalue weighted by Crippen LogP contribution is -2.43. The van der Waals surface area contributed by atoms with E-state index in [9.17, 15) is 14.7 Å². The predicted molar refractivity (Wildman–Crippen MR) is 103 cm³/mol. The number of carboxylic acid groups (broad SMARTS) is 1. The van der Waals surface area contributed by atoms with E-state index >= 15 is 0 Å². The van der Waals surface area contributed by atoms with Gasteiger partial charge in [-0.2, -0.15) is 0 Å². The van der Waals surface area contributed by atoms with E-state index in [-0.39, 0.29) is 18.4 Å². The summed E-state index contributed by atoms with van der Waals surface area (Å²) < 4.78 is 0. The molecule has 1 aliphatic rings. The van der Waals surface area contributed by atoms with Crippen LogP contribution in [0.5, 0.6) is 0 Å². The van der Waals surface area contributed by atoms with Crippen molar-refractivity contribution >= 4 is 23.2 Å². The number of carbonyl (C=O) groups is 2. The van der Waals surface area contributed by atoms with E-state index in [4.69, 9.17) is 5.11 Å². The van der Waals surface area contributed by atoms with Crippen molar-refractivity contribution in [2.45, 2.75) is 69.9 Å². The third-order valence-electron chi connectivity index (χ3n) is 4.70. The highest BCUT2D eigenvalue weighted by Gasteiger charge is 2.25. The Morgan fingerprint density at radius 1 is 1.35 bits per heavy atom. The second-order valence-corrected chi connectivity index (χ2v) is 7.87. The van der Waals surface area contributed by atoms with Crippen LogP contribution in [0.2, 0.25) is 0 Å². The van der Waals surface area contributed by atoms with Crippen LogP contribution in [0.25, 0.3) is 0 Å². The van der Waals surface area contributed by atoms with Gasteiger partial charge in [-0.15, -0.1) is 11.3 Å². The van der Waals surface area contributed by atoms with Crippen LogP contribution in [0.1, 0.15) is 56.2 Å². The summed E-state index contributed by atoms with van der Waals surface area (Å²) in [5, 5.41) is 20.8. The van der Waals surface area contributed by atoms with Crippen molar-refractivity contribution in [1.82, 2.24) is 4.90 Å². The molecule has 1 aromatic heterocycles. The highest BCUT2D eigenvalue weighted by molar-refractivity contribution is 7.09. The van der Waals surface area contributed by atoms with E-state index in [1.165, 1.54) is 0 Å². The number of unbranched alkanes of at least 4 members (excludes halogenated alkanes) is 3. The Labute approximate surface area is 159 Å². The monoisotopic (exact) mass is 379 g/mol. The highest BCUT2D eigenvalue weighted by atomic mass is 32.1. The zero-order valence-electron chi connectivity index (χ0n) is 15.2. The van der Waals surface area contributed by atoms with Crippen LogP contribution in [-0.2, 0) is 16.0 Å². The number of aliphatic carboxylic acids is 1. The van der Waals surface area contributed by atoms with Gasteiger partial charge in [0.2, 0.25) is 5.91 Å². The van der Waals surface area contributed by atoms with Crippen LogP contribution >= 0.6 is 11.3 Å². The van der Waals surface area contributed by atoms with Gasteiger partial charge in [0.25, 0.3) is 0 Å². The molecule has 0 bridgehead atoms. The summed E-state index contributed by atoms with van der Waals surface area (Å²) in [5.41, 5.74) is 0. The van der Waals surface area contributed by atoms with Gasteiger partial charge >= 0.3 is 5.97 Å². The molecule has 1 aromatic rings. The van der Waals surface area contributed by atoms with Gasteiger partial charge in [0.15, 0.2) is 0 Å². The molecule has 1 saturated heterocycles. The maximum Gasteiger partial charge on any atom is 0.303 e. The molecule has 1 fully saturated rings. The Kier molecular flexibility index (Phi) is 8.85. The molecule has 1 amide bonds. The average molecular weight is 380 g/mol. The first-order valence-electron chi connectivity index (χ1n) is 9.46. The predicted octanol–water partition coefficient (Wildman–Crippen LogP) is 3.62. The summed E-state index contributed by atoms with van der Waals surface area (Å²) in [6.45, 7) is 0.710. The Balaban J connectivity index is 1.77. The first-order chi connectivity index (χ1) is 12.6. The molecule has 1 aliphatic heterocycles. The standard InChI is InChI=1S/C20H29NO4S/c22-17(15-18-8-6-14-26-18)12-11-16-7-5-9-19(23)21(16)13-4-2-1-3-10-20(24)25/h6,8,11-12,14,16-17,22H,1-5,7,9-10,13,15H2,(H,24,25)/t16-,17?/m1/s1. The first kappa shape index (κ1) is 20.6. The van der Waals surface area contributed by atoms with Gasteiger partial charge in [-0.25, -0.2) is 0 Å². The second-order valence-electron chi connectivity index (χ2n) is 6.84. The van der Waals surface area contributed by atoms with Crippen molar-refractivity contribution in [1.29, 1.82) is 0 Å². The van der Waals surface area contributed by atoms with Crippen molar-refractivity contribution in [2.75, 3.05) is 6.54 Å². The van der Waals surface area contributed by atoms with Crippen molar-refractivity contribution in [3.63, 3.8) is 0 Å². The molecular weight excluding hydrogens is 350 g/mol. The summed E-state index contributed by atoms with van der Waals surface area (Å²) in [6.07, 6.45) is 9.95. The molecule has 0 aliphatic carbocycles. The Morgan fingerprint density at radius 3 is 2.88 bits per heavy atom. The van der Waals surface area contributed by atoms with Gasteiger partial charge in [-0.05, 0) is 37.1 Å². The fourth-order valence-corrected chi connectivity index (χ4v) is 4.06. The van der Waals surface area contributed by atoms with Gasteiger partial charge < -0.3 is 15.1 Å². The third-order valence-corrected chi connectivity index (χ3v) is 5.60. The van der Waals surface area contributed by atoms with Crippen LogP contribution in [-0.4, -0.2) is 45.7 Å². The van der Waals surface area contributed by atoms with Crippen molar-refractivity contribution in [3.8, 4) is 0 Å². The summed E-state index contributed by atoms with van der Waals surface area (Å²) in [4.78, 5) is 25.9. The van der Waals surface area contributed by atoms with E-state index < -0.39 is 12.1 Å². The van der Waals surface area contributed by atoms with Crippen LogP contribution in [0.4, 0.5) is 0 Å². The van der Waals surface area contributed by atoms with Crippen LogP contribution in [0.15, 0.2) is 29.7 Å². The highest BCUT2D eigenvalue weighted by Crippen LogP contribution is 2.21.